The number of nitrogens with zero attached hydrogens (tertiary/aromatic N) is 1. The third-order valence-corrected chi connectivity index (χ3v) is 4.16. The molecule has 0 saturated carbocycles. The first kappa shape index (κ1) is 12.7. The number of aliphatic hydroxyl groups excluding tert-OH is 1. The van der Waals surface area contributed by atoms with Crippen molar-refractivity contribution in [3.63, 3.8) is 0 Å². The van der Waals surface area contributed by atoms with Crippen molar-refractivity contribution in [2.75, 3.05) is 19.7 Å². The molecule has 1 atom stereocenters. The molecule has 1 unspecified atom stereocenters. The molecule has 104 valence electrons. The summed E-state index contributed by atoms with van der Waals surface area (Å²) in [6.07, 6.45) is 4.24. The summed E-state index contributed by atoms with van der Waals surface area (Å²) >= 11 is 0. The zero-order valence-corrected chi connectivity index (χ0v) is 10.9. The van der Waals surface area contributed by atoms with E-state index < -0.39 is 0 Å². The Morgan fingerprint density at radius 1 is 1.42 bits per heavy atom. The molecule has 1 spiro atoms. The van der Waals surface area contributed by atoms with Crippen molar-refractivity contribution >= 4 is 5.91 Å². The van der Waals surface area contributed by atoms with Crippen LogP contribution in [-0.2, 0) is 4.74 Å². The second-order valence-electron chi connectivity index (χ2n) is 5.45. The second-order valence-corrected chi connectivity index (χ2v) is 5.45. The molecule has 1 aromatic heterocycles. The Hall–Kier alpha value is -1.33. The third kappa shape index (κ3) is 2.53. The molecule has 3 rings (SSSR count). The van der Waals surface area contributed by atoms with Crippen molar-refractivity contribution in [2.45, 2.75) is 37.4 Å². The van der Waals surface area contributed by atoms with Crippen LogP contribution in [0.5, 0.6) is 0 Å². The fourth-order valence-corrected chi connectivity index (χ4v) is 3.02. The molecule has 0 radical (unpaired) electrons. The SMILES string of the molecule is O=C(c1ccco1)N1CCC2(CC1)CC(O)CCO2. The molecule has 0 aliphatic carbocycles. The van der Waals surface area contributed by atoms with Crippen LogP contribution in [0.15, 0.2) is 22.8 Å². The highest BCUT2D eigenvalue weighted by atomic mass is 16.5. The number of piperidine rings is 1. The number of carbonyl (C=O) groups excluding carboxylic acids is 1. The summed E-state index contributed by atoms with van der Waals surface area (Å²) in [5.41, 5.74) is -0.225. The van der Waals surface area contributed by atoms with Gasteiger partial charge in [-0.25, -0.2) is 0 Å². The molecular formula is C14H19NO4. The Morgan fingerprint density at radius 2 is 2.21 bits per heavy atom. The molecule has 2 fully saturated rings. The molecule has 0 aromatic carbocycles. The molecular weight excluding hydrogens is 246 g/mol. The van der Waals surface area contributed by atoms with Crippen molar-refractivity contribution in [2.24, 2.45) is 0 Å². The molecule has 2 saturated heterocycles. The van der Waals surface area contributed by atoms with E-state index in [0.29, 0.717) is 31.9 Å². The molecule has 2 aliphatic heterocycles. The van der Waals surface area contributed by atoms with Crippen LogP contribution < -0.4 is 0 Å². The molecule has 2 aliphatic rings. The Balaban J connectivity index is 1.61. The zero-order valence-electron chi connectivity index (χ0n) is 10.9. The highest BCUT2D eigenvalue weighted by Gasteiger charge is 2.41. The maximum Gasteiger partial charge on any atom is 0.289 e. The molecule has 19 heavy (non-hydrogen) atoms. The normalized spacial score (nSPS) is 26.6. The van der Waals surface area contributed by atoms with E-state index in [4.69, 9.17) is 9.15 Å². The lowest BCUT2D eigenvalue weighted by molar-refractivity contribution is -0.139. The van der Waals surface area contributed by atoms with Gasteiger partial charge in [0.1, 0.15) is 0 Å². The predicted octanol–water partition coefficient (Wildman–Crippen LogP) is 1.43. The average Bonchev–Trinajstić information content (AvgIpc) is 2.92. The third-order valence-electron chi connectivity index (χ3n) is 4.16. The van der Waals surface area contributed by atoms with E-state index in [1.54, 1.807) is 17.0 Å². The largest absolute Gasteiger partial charge is 0.459 e. The van der Waals surface area contributed by atoms with E-state index in [-0.39, 0.29) is 17.6 Å². The lowest BCUT2D eigenvalue weighted by Crippen LogP contribution is -2.51. The van der Waals surface area contributed by atoms with Crippen LogP contribution >= 0.6 is 0 Å². The number of carbonyl (C=O) groups is 1. The number of hydrogen-bond donors (Lipinski definition) is 1. The summed E-state index contributed by atoms with van der Waals surface area (Å²) in [5, 5.41) is 9.78. The highest BCUT2D eigenvalue weighted by molar-refractivity contribution is 5.91. The van der Waals surface area contributed by atoms with E-state index in [1.165, 1.54) is 6.26 Å². The topological polar surface area (TPSA) is 62.9 Å². The van der Waals surface area contributed by atoms with Gasteiger partial charge in [-0.3, -0.25) is 4.79 Å². The minimum absolute atomic E-state index is 0.0591. The Kier molecular flexibility index (Phi) is 3.33. The molecule has 0 bridgehead atoms. The Morgan fingerprint density at radius 3 is 2.84 bits per heavy atom. The van der Waals surface area contributed by atoms with Crippen molar-refractivity contribution in [3.8, 4) is 0 Å². The van der Waals surface area contributed by atoms with E-state index in [9.17, 15) is 9.90 Å². The number of ether oxygens (including phenoxy) is 1. The predicted molar refractivity (Wildman–Crippen MR) is 67.8 cm³/mol. The summed E-state index contributed by atoms with van der Waals surface area (Å²) in [6.45, 7) is 1.94. The van der Waals surface area contributed by atoms with Crippen LogP contribution in [0.1, 0.15) is 36.2 Å². The number of amides is 1. The first-order valence-corrected chi connectivity index (χ1v) is 6.83. The fraction of sp³-hybridized carbons (Fsp3) is 0.643. The maximum absolute atomic E-state index is 12.1. The molecule has 5 heteroatoms. The van der Waals surface area contributed by atoms with Crippen LogP contribution in [0.2, 0.25) is 0 Å². The van der Waals surface area contributed by atoms with Gasteiger partial charge in [-0.2, -0.15) is 0 Å². The van der Waals surface area contributed by atoms with E-state index in [0.717, 1.165) is 19.3 Å². The quantitative estimate of drug-likeness (QED) is 0.834. The molecule has 1 amide bonds. The smallest absolute Gasteiger partial charge is 0.289 e. The zero-order chi connectivity index (χ0) is 13.3. The molecule has 1 N–H and O–H groups in total. The number of likely N-dealkylation sites (tertiary alicyclic amines) is 1. The molecule has 5 nitrogen and oxygen atoms in total. The van der Waals surface area contributed by atoms with Gasteiger partial charge in [0, 0.05) is 26.1 Å². The minimum atomic E-state index is -0.263. The van der Waals surface area contributed by atoms with Gasteiger partial charge < -0.3 is 19.2 Å². The first-order valence-electron chi connectivity index (χ1n) is 6.83. The summed E-state index contributed by atoms with van der Waals surface area (Å²) in [4.78, 5) is 13.9. The van der Waals surface area contributed by atoms with Crippen LogP contribution in [0.4, 0.5) is 0 Å². The van der Waals surface area contributed by atoms with Gasteiger partial charge in [0.05, 0.1) is 18.0 Å². The maximum atomic E-state index is 12.1. The summed E-state index contributed by atoms with van der Waals surface area (Å²) in [5.74, 6) is 0.330. The van der Waals surface area contributed by atoms with Crippen LogP contribution in [0.3, 0.4) is 0 Å². The van der Waals surface area contributed by atoms with Crippen LogP contribution in [-0.4, -0.2) is 47.3 Å². The lowest BCUT2D eigenvalue weighted by Gasteiger charge is -2.45. The Labute approximate surface area is 112 Å². The van der Waals surface area contributed by atoms with Gasteiger partial charge in [0.25, 0.3) is 5.91 Å². The minimum Gasteiger partial charge on any atom is -0.459 e. The van der Waals surface area contributed by atoms with Gasteiger partial charge in [0.15, 0.2) is 5.76 Å². The van der Waals surface area contributed by atoms with Gasteiger partial charge in [-0.15, -0.1) is 0 Å². The van der Waals surface area contributed by atoms with Gasteiger partial charge in [0.2, 0.25) is 0 Å². The molecule has 1 aromatic rings. The van der Waals surface area contributed by atoms with Gasteiger partial charge in [-0.05, 0) is 31.4 Å². The lowest BCUT2D eigenvalue weighted by atomic mass is 9.83. The van der Waals surface area contributed by atoms with Crippen LogP contribution in [0, 0.1) is 0 Å². The van der Waals surface area contributed by atoms with Gasteiger partial charge >= 0.3 is 0 Å². The second kappa shape index (κ2) is 4.98. The van der Waals surface area contributed by atoms with E-state index in [2.05, 4.69) is 0 Å². The number of furan rings is 1. The first-order chi connectivity index (χ1) is 9.19. The standard InChI is InChI=1S/C14H19NO4/c16-11-3-9-19-14(10-11)4-6-15(7-5-14)13(17)12-2-1-8-18-12/h1-2,8,11,16H,3-7,9-10H2. The fourth-order valence-electron chi connectivity index (χ4n) is 3.02. The highest BCUT2D eigenvalue weighted by Crippen LogP contribution is 2.35. The van der Waals surface area contributed by atoms with Crippen molar-refractivity contribution in [1.29, 1.82) is 0 Å². The van der Waals surface area contributed by atoms with Crippen molar-refractivity contribution < 1.29 is 19.1 Å². The van der Waals surface area contributed by atoms with Crippen molar-refractivity contribution in [1.82, 2.24) is 4.90 Å². The monoisotopic (exact) mass is 265 g/mol. The van der Waals surface area contributed by atoms with Gasteiger partial charge in [-0.1, -0.05) is 0 Å². The van der Waals surface area contributed by atoms with Crippen LogP contribution in [0.25, 0.3) is 0 Å². The van der Waals surface area contributed by atoms with E-state index in [1.807, 2.05) is 0 Å². The number of hydrogen-bond acceptors (Lipinski definition) is 4. The number of rotatable bonds is 1. The average molecular weight is 265 g/mol. The summed E-state index contributed by atoms with van der Waals surface area (Å²) in [6, 6.07) is 3.41. The van der Waals surface area contributed by atoms with E-state index >= 15 is 0 Å². The molecule has 3 heterocycles. The summed E-state index contributed by atoms with van der Waals surface area (Å²) in [7, 11) is 0. The number of aliphatic hydroxyl groups is 1. The summed E-state index contributed by atoms with van der Waals surface area (Å²) < 4.78 is 11.0. The van der Waals surface area contributed by atoms with Crippen molar-refractivity contribution in [3.05, 3.63) is 24.2 Å². The Bertz CT molecular complexity index is 434.